The van der Waals surface area contributed by atoms with Gasteiger partial charge >= 0.3 is 5.97 Å². The van der Waals surface area contributed by atoms with Crippen LogP contribution in [0, 0.1) is 11.3 Å². The number of rotatable bonds is 2. The summed E-state index contributed by atoms with van der Waals surface area (Å²) in [6.07, 6.45) is 0. The summed E-state index contributed by atoms with van der Waals surface area (Å²) in [7, 11) is 1.47. The molecule has 0 bridgehead atoms. The zero-order chi connectivity index (χ0) is 13.3. The van der Waals surface area contributed by atoms with Gasteiger partial charge in [-0.3, -0.25) is 0 Å². The van der Waals surface area contributed by atoms with Crippen LogP contribution in [0.3, 0.4) is 0 Å². The van der Waals surface area contributed by atoms with Crippen molar-refractivity contribution in [2.24, 2.45) is 0 Å². The van der Waals surface area contributed by atoms with Gasteiger partial charge in [0.2, 0.25) is 0 Å². The summed E-state index contributed by atoms with van der Waals surface area (Å²) in [5, 5.41) is 18.4. The first-order valence-electron chi connectivity index (χ1n) is 5.45. The fourth-order valence-electron chi connectivity index (χ4n) is 2.12. The highest BCUT2D eigenvalue weighted by molar-refractivity contribution is 5.89. The quantitative estimate of drug-likeness (QED) is 0.860. The molecule has 5 heteroatoms. The maximum Gasteiger partial charge on any atom is 0.335 e. The van der Waals surface area contributed by atoms with Gasteiger partial charge < -0.3 is 14.6 Å². The van der Waals surface area contributed by atoms with E-state index < -0.39 is 11.4 Å². The minimum atomic E-state index is -1.04. The number of carbonyl (C=O) groups is 1. The van der Waals surface area contributed by atoms with Crippen molar-refractivity contribution in [3.63, 3.8) is 0 Å². The van der Waals surface area contributed by atoms with Crippen LogP contribution in [-0.2, 0) is 16.8 Å². The summed E-state index contributed by atoms with van der Waals surface area (Å²) >= 11 is 0. The van der Waals surface area contributed by atoms with Crippen molar-refractivity contribution in [2.45, 2.75) is 18.9 Å². The second-order valence-corrected chi connectivity index (χ2v) is 4.45. The highest BCUT2D eigenvalue weighted by Gasteiger charge is 2.35. The third kappa shape index (κ3) is 1.81. The number of benzene rings is 1. The van der Waals surface area contributed by atoms with E-state index in [0.29, 0.717) is 17.9 Å². The van der Waals surface area contributed by atoms with E-state index in [4.69, 9.17) is 14.6 Å². The molecular weight excluding hydrogens is 234 g/mol. The van der Waals surface area contributed by atoms with Crippen molar-refractivity contribution in [1.82, 2.24) is 0 Å². The molecule has 0 unspecified atom stereocenters. The van der Waals surface area contributed by atoms with E-state index in [1.54, 1.807) is 6.92 Å². The first kappa shape index (κ1) is 12.4. The minimum absolute atomic E-state index is 0.119. The molecule has 0 saturated carbocycles. The third-order valence-electron chi connectivity index (χ3n) is 3.15. The van der Waals surface area contributed by atoms with Crippen LogP contribution in [0.15, 0.2) is 12.1 Å². The van der Waals surface area contributed by atoms with E-state index in [1.807, 2.05) is 0 Å². The van der Waals surface area contributed by atoms with Crippen LogP contribution >= 0.6 is 0 Å². The number of hydrogen-bond donors (Lipinski definition) is 1. The molecular formula is C13H13NO4. The lowest BCUT2D eigenvalue weighted by Gasteiger charge is -2.31. The molecule has 0 aliphatic carbocycles. The molecule has 1 heterocycles. The number of fused-ring (bicyclic) bond motifs is 1. The van der Waals surface area contributed by atoms with Crippen LogP contribution in [0.25, 0.3) is 0 Å². The van der Waals surface area contributed by atoms with Crippen molar-refractivity contribution in [3.05, 3.63) is 28.8 Å². The summed E-state index contributed by atoms with van der Waals surface area (Å²) in [5.41, 5.74) is 0.701. The van der Waals surface area contributed by atoms with Crippen LogP contribution in [0.1, 0.15) is 28.4 Å². The number of methoxy groups -OCH3 is 1. The molecule has 18 heavy (non-hydrogen) atoms. The van der Waals surface area contributed by atoms with Crippen LogP contribution < -0.4 is 4.74 Å². The van der Waals surface area contributed by atoms with Gasteiger partial charge in [0.25, 0.3) is 0 Å². The van der Waals surface area contributed by atoms with Crippen LogP contribution in [0.5, 0.6) is 5.75 Å². The summed E-state index contributed by atoms with van der Waals surface area (Å²) in [4.78, 5) is 11.1. The summed E-state index contributed by atoms with van der Waals surface area (Å²) < 4.78 is 10.6. The fourth-order valence-corrected chi connectivity index (χ4v) is 2.12. The van der Waals surface area contributed by atoms with Gasteiger partial charge in [0, 0.05) is 5.56 Å². The van der Waals surface area contributed by atoms with E-state index in [-0.39, 0.29) is 12.2 Å². The first-order valence-corrected chi connectivity index (χ1v) is 5.45. The Bertz CT molecular complexity index is 547. The highest BCUT2D eigenvalue weighted by Crippen LogP contribution is 2.37. The number of nitriles is 1. The molecule has 1 N–H and O–H groups in total. The molecule has 0 saturated heterocycles. The monoisotopic (exact) mass is 247 g/mol. The van der Waals surface area contributed by atoms with E-state index in [1.165, 1.54) is 19.2 Å². The number of aromatic carboxylic acids is 1. The van der Waals surface area contributed by atoms with Crippen molar-refractivity contribution in [3.8, 4) is 11.8 Å². The van der Waals surface area contributed by atoms with E-state index in [2.05, 4.69) is 6.07 Å². The van der Waals surface area contributed by atoms with Gasteiger partial charge in [0.05, 0.1) is 32.0 Å². The summed E-state index contributed by atoms with van der Waals surface area (Å²) in [6.45, 7) is 2.31. The van der Waals surface area contributed by atoms with Crippen molar-refractivity contribution >= 4 is 5.97 Å². The van der Waals surface area contributed by atoms with E-state index in [0.717, 1.165) is 5.56 Å². The molecule has 1 atom stereocenters. The predicted molar refractivity (Wildman–Crippen MR) is 62.6 cm³/mol. The molecule has 1 aromatic carbocycles. The SMILES string of the molecule is COc1cc(C(=O)O)cc2c1COC[C@]2(C)C#N. The average molecular weight is 247 g/mol. The molecule has 0 radical (unpaired) electrons. The van der Waals surface area contributed by atoms with Gasteiger partial charge in [-0.05, 0) is 24.6 Å². The molecule has 0 aromatic heterocycles. The van der Waals surface area contributed by atoms with E-state index >= 15 is 0 Å². The number of carboxylic acid groups (broad SMARTS) is 1. The lowest BCUT2D eigenvalue weighted by Crippen LogP contribution is -2.32. The van der Waals surface area contributed by atoms with Gasteiger partial charge in [-0.25, -0.2) is 4.79 Å². The molecule has 1 aliphatic rings. The lowest BCUT2D eigenvalue weighted by molar-refractivity contribution is 0.0684. The van der Waals surface area contributed by atoms with Gasteiger partial charge in [0.15, 0.2) is 0 Å². The Morgan fingerprint density at radius 3 is 2.89 bits per heavy atom. The molecule has 5 nitrogen and oxygen atoms in total. The molecule has 1 aliphatic heterocycles. The van der Waals surface area contributed by atoms with Crippen LogP contribution in [0.2, 0.25) is 0 Å². The Kier molecular flexibility index (Phi) is 2.97. The summed E-state index contributed by atoms with van der Waals surface area (Å²) in [6, 6.07) is 5.17. The molecule has 0 spiro atoms. The smallest absolute Gasteiger partial charge is 0.335 e. The van der Waals surface area contributed by atoms with Gasteiger partial charge in [-0.15, -0.1) is 0 Å². The number of carboxylic acids is 1. The van der Waals surface area contributed by atoms with E-state index in [9.17, 15) is 10.1 Å². The Hall–Kier alpha value is -2.06. The van der Waals surface area contributed by atoms with Crippen molar-refractivity contribution < 1.29 is 19.4 Å². The Balaban J connectivity index is 2.70. The maximum atomic E-state index is 11.1. The molecule has 94 valence electrons. The normalized spacial score (nSPS) is 21.8. The average Bonchev–Trinajstić information content (AvgIpc) is 2.38. The highest BCUT2D eigenvalue weighted by atomic mass is 16.5. The van der Waals surface area contributed by atoms with Crippen molar-refractivity contribution in [2.75, 3.05) is 13.7 Å². The second-order valence-electron chi connectivity index (χ2n) is 4.45. The minimum Gasteiger partial charge on any atom is -0.496 e. The zero-order valence-electron chi connectivity index (χ0n) is 10.2. The fraction of sp³-hybridized carbons (Fsp3) is 0.385. The lowest BCUT2D eigenvalue weighted by atomic mass is 9.79. The largest absolute Gasteiger partial charge is 0.496 e. The molecule has 1 aromatic rings. The van der Waals surface area contributed by atoms with Crippen molar-refractivity contribution in [1.29, 1.82) is 5.26 Å². The molecule has 2 rings (SSSR count). The van der Waals surface area contributed by atoms with Gasteiger partial charge in [-0.1, -0.05) is 0 Å². The number of nitrogens with zero attached hydrogens (tertiary/aromatic N) is 1. The predicted octanol–water partition coefficient (Wildman–Crippen LogP) is 1.70. The molecule has 0 fully saturated rings. The first-order chi connectivity index (χ1) is 8.51. The zero-order valence-corrected chi connectivity index (χ0v) is 10.2. The molecule has 0 amide bonds. The maximum absolute atomic E-state index is 11.1. The standard InChI is InChI=1S/C13H13NO4/c1-13(6-14)7-18-5-9-10(13)3-8(12(15)16)4-11(9)17-2/h3-4H,5,7H2,1-2H3,(H,15,16)/t13-/m0/s1. The topological polar surface area (TPSA) is 79.6 Å². The Morgan fingerprint density at radius 2 is 2.33 bits per heavy atom. The summed E-state index contributed by atoms with van der Waals surface area (Å²) in [5.74, 6) is -0.589. The Morgan fingerprint density at radius 1 is 1.61 bits per heavy atom. The van der Waals surface area contributed by atoms with Crippen LogP contribution in [-0.4, -0.2) is 24.8 Å². The van der Waals surface area contributed by atoms with Gasteiger partial charge in [-0.2, -0.15) is 5.26 Å². The van der Waals surface area contributed by atoms with Crippen LogP contribution in [0.4, 0.5) is 0 Å². The number of hydrogen-bond acceptors (Lipinski definition) is 4. The van der Waals surface area contributed by atoms with Gasteiger partial charge in [0.1, 0.15) is 11.2 Å². The third-order valence-corrected chi connectivity index (χ3v) is 3.15. The Labute approximate surface area is 105 Å². The number of ether oxygens (including phenoxy) is 2. The second kappa shape index (κ2) is 4.31.